The Bertz CT molecular complexity index is 466. The third kappa shape index (κ3) is 2.59. The summed E-state index contributed by atoms with van der Waals surface area (Å²) in [6.45, 7) is 7.60. The van der Waals surface area contributed by atoms with E-state index in [1.165, 1.54) is 5.57 Å². The second-order valence-electron chi connectivity index (χ2n) is 7.15. The van der Waals surface area contributed by atoms with Gasteiger partial charge >= 0.3 is 0 Å². The summed E-state index contributed by atoms with van der Waals surface area (Å²) in [6.07, 6.45) is 4.57. The Morgan fingerprint density at radius 3 is 2.68 bits per heavy atom. The van der Waals surface area contributed by atoms with Crippen molar-refractivity contribution in [2.24, 2.45) is 5.92 Å². The lowest BCUT2D eigenvalue weighted by Gasteiger charge is -2.42. The van der Waals surface area contributed by atoms with Crippen LogP contribution in [-0.2, 0) is 23.7 Å². The molecule has 3 aliphatic rings. The molecule has 0 N–H and O–H groups in total. The van der Waals surface area contributed by atoms with Crippen LogP contribution in [0.25, 0.3) is 0 Å². The third-order valence-corrected chi connectivity index (χ3v) is 5.47. The zero-order valence-electron chi connectivity index (χ0n) is 13.8. The molecule has 1 spiro atoms. The monoisotopic (exact) mass is 310 g/mol. The van der Waals surface area contributed by atoms with E-state index in [1.807, 2.05) is 0 Å². The Hall–Kier alpha value is -0.910. The van der Waals surface area contributed by atoms with Crippen molar-refractivity contribution in [3.05, 3.63) is 11.6 Å². The van der Waals surface area contributed by atoms with Crippen LogP contribution in [0.3, 0.4) is 0 Å². The molecule has 5 heteroatoms. The van der Waals surface area contributed by atoms with Gasteiger partial charge in [-0.25, -0.2) is 0 Å². The van der Waals surface area contributed by atoms with Gasteiger partial charge < -0.3 is 18.9 Å². The Labute approximate surface area is 131 Å². The minimum Gasteiger partial charge on any atom is -0.462 e. The number of carbonyl (C=O) groups excluding carboxylic acids is 1. The van der Waals surface area contributed by atoms with Gasteiger partial charge in [-0.2, -0.15) is 0 Å². The molecule has 6 atom stereocenters. The van der Waals surface area contributed by atoms with Gasteiger partial charge in [0.1, 0.15) is 23.4 Å². The summed E-state index contributed by atoms with van der Waals surface area (Å²) in [5, 5.41) is 0. The quantitative estimate of drug-likeness (QED) is 0.428. The zero-order chi connectivity index (χ0) is 16.0. The van der Waals surface area contributed by atoms with E-state index >= 15 is 0 Å². The Balaban J connectivity index is 1.79. The Kier molecular flexibility index (Phi) is 4.08. The standard InChI is InChI=1S/C17H26O5/c1-11(2)5-6-13-16(3,22-13)15-14(19-4)12(20-10-18)7-8-17(15)9-21-17/h5,10,12-15H,6-9H2,1-4H3/t12?,13-,14?,15?,16+,17?/m1/s1. The highest BCUT2D eigenvalue weighted by Gasteiger charge is 2.72. The molecular weight excluding hydrogens is 284 g/mol. The van der Waals surface area contributed by atoms with Gasteiger partial charge in [0, 0.05) is 7.11 Å². The predicted octanol–water partition coefficient (Wildman–Crippen LogP) is 2.24. The van der Waals surface area contributed by atoms with Crippen LogP contribution in [0.2, 0.25) is 0 Å². The molecule has 0 aromatic carbocycles. The molecular formula is C17H26O5. The van der Waals surface area contributed by atoms with Gasteiger partial charge in [-0.1, -0.05) is 11.6 Å². The fourth-order valence-electron chi connectivity index (χ4n) is 4.16. The lowest BCUT2D eigenvalue weighted by molar-refractivity contribution is -0.158. The van der Waals surface area contributed by atoms with Crippen LogP contribution in [0.15, 0.2) is 11.6 Å². The average Bonchev–Trinajstić information content (AvgIpc) is 3.37. The highest BCUT2D eigenvalue weighted by molar-refractivity contribution is 5.38. The van der Waals surface area contributed by atoms with Crippen molar-refractivity contribution >= 4 is 6.47 Å². The van der Waals surface area contributed by atoms with Gasteiger partial charge in [0.25, 0.3) is 6.47 Å². The van der Waals surface area contributed by atoms with Crippen molar-refractivity contribution in [3.8, 4) is 0 Å². The van der Waals surface area contributed by atoms with Crippen LogP contribution in [0.4, 0.5) is 0 Å². The summed E-state index contributed by atoms with van der Waals surface area (Å²) < 4.78 is 22.9. The molecule has 3 rings (SSSR count). The molecule has 22 heavy (non-hydrogen) atoms. The molecule has 3 fully saturated rings. The normalized spacial score (nSPS) is 46.2. The molecule has 2 saturated heterocycles. The minimum absolute atomic E-state index is 0.0965. The van der Waals surface area contributed by atoms with E-state index in [9.17, 15) is 4.79 Å². The SMILES string of the molecule is COC1C(OC=O)CCC2(CO2)C1[C@@]1(C)O[C@@H]1CC=C(C)C. The first-order valence-corrected chi connectivity index (χ1v) is 8.04. The summed E-state index contributed by atoms with van der Waals surface area (Å²) >= 11 is 0. The maximum absolute atomic E-state index is 10.8. The molecule has 0 amide bonds. The van der Waals surface area contributed by atoms with Crippen LogP contribution in [0, 0.1) is 5.92 Å². The molecule has 1 saturated carbocycles. The molecule has 0 aromatic rings. The minimum atomic E-state index is -0.270. The van der Waals surface area contributed by atoms with Gasteiger partial charge in [0.05, 0.1) is 18.6 Å². The molecule has 0 aromatic heterocycles. The fourth-order valence-corrected chi connectivity index (χ4v) is 4.16. The van der Waals surface area contributed by atoms with Crippen molar-refractivity contribution in [3.63, 3.8) is 0 Å². The number of hydrogen-bond acceptors (Lipinski definition) is 5. The van der Waals surface area contributed by atoms with Crippen molar-refractivity contribution in [2.75, 3.05) is 13.7 Å². The second kappa shape index (κ2) is 5.62. The first-order valence-electron chi connectivity index (χ1n) is 8.04. The summed E-state index contributed by atoms with van der Waals surface area (Å²) in [6, 6.07) is 0. The van der Waals surface area contributed by atoms with Crippen LogP contribution in [0.1, 0.15) is 40.0 Å². The van der Waals surface area contributed by atoms with Crippen molar-refractivity contribution in [1.82, 2.24) is 0 Å². The van der Waals surface area contributed by atoms with Gasteiger partial charge in [-0.05, 0) is 40.0 Å². The van der Waals surface area contributed by atoms with E-state index in [0.29, 0.717) is 6.47 Å². The Morgan fingerprint density at radius 2 is 2.14 bits per heavy atom. The van der Waals surface area contributed by atoms with Crippen LogP contribution in [-0.4, -0.2) is 49.7 Å². The summed E-state index contributed by atoms with van der Waals surface area (Å²) in [5.41, 5.74) is 0.871. The average molecular weight is 310 g/mol. The molecule has 4 unspecified atom stereocenters. The Morgan fingerprint density at radius 1 is 1.41 bits per heavy atom. The number of allylic oxidation sites excluding steroid dienone is 1. The van der Waals surface area contributed by atoms with Gasteiger partial charge in [-0.3, -0.25) is 4.79 Å². The molecule has 0 radical (unpaired) electrons. The van der Waals surface area contributed by atoms with Gasteiger partial charge in [0.2, 0.25) is 0 Å². The summed E-state index contributed by atoms with van der Waals surface area (Å²) in [4.78, 5) is 10.8. The third-order valence-electron chi connectivity index (χ3n) is 5.47. The van der Waals surface area contributed by atoms with Crippen molar-refractivity contribution < 1.29 is 23.7 Å². The number of rotatable bonds is 6. The maximum Gasteiger partial charge on any atom is 0.293 e. The maximum atomic E-state index is 10.8. The van der Waals surface area contributed by atoms with E-state index in [4.69, 9.17) is 18.9 Å². The van der Waals surface area contributed by atoms with Gasteiger partial charge in [-0.15, -0.1) is 0 Å². The number of ether oxygens (including phenoxy) is 4. The predicted molar refractivity (Wildman–Crippen MR) is 80.5 cm³/mol. The lowest BCUT2D eigenvalue weighted by Crippen LogP contribution is -2.55. The molecule has 2 aliphatic heterocycles. The first-order chi connectivity index (χ1) is 10.5. The first kappa shape index (κ1) is 16.0. The number of carbonyl (C=O) groups is 1. The molecule has 124 valence electrons. The van der Waals surface area contributed by atoms with Crippen molar-refractivity contribution in [2.45, 2.75) is 69.5 Å². The highest BCUT2D eigenvalue weighted by atomic mass is 16.6. The van der Waals surface area contributed by atoms with E-state index in [2.05, 4.69) is 26.8 Å². The van der Waals surface area contributed by atoms with E-state index in [1.54, 1.807) is 7.11 Å². The molecule has 5 nitrogen and oxygen atoms in total. The van der Waals surface area contributed by atoms with Crippen LogP contribution < -0.4 is 0 Å². The van der Waals surface area contributed by atoms with Crippen LogP contribution in [0.5, 0.6) is 0 Å². The number of epoxide rings is 2. The van der Waals surface area contributed by atoms with E-state index in [-0.39, 0.29) is 35.4 Å². The zero-order valence-corrected chi connectivity index (χ0v) is 13.8. The number of methoxy groups -OCH3 is 1. The van der Waals surface area contributed by atoms with E-state index in [0.717, 1.165) is 25.9 Å². The largest absolute Gasteiger partial charge is 0.462 e. The number of hydrogen-bond donors (Lipinski definition) is 0. The van der Waals surface area contributed by atoms with Crippen LogP contribution >= 0.6 is 0 Å². The summed E-state index contributed by atoms with van der Waals surface area (Å²) in [7, 11) is 1.68. The molecule has 1 aliphatic carbocycles. The van der Waals surface area contributed by atoms with Crippen molar-refractivity contribution in [1.29, 1.82) is 0 Å². The second-order valence-corrected chi connectivity index (χ2v) is 7.15. The van der Waals surface area contributed by atoms with Gasteiger partial charge in [0.15, 0.2) is 0 Å². The molecule has 0 bridgehead atoms. The topological polar surface area (TPSA) is 60.6 Å². The summed E-state index contributed by atoms with van der Waals surface area (Å²) in [5.74, 6) is 0.0965. The fraction of sp³-hybridized carbons (Fsp3) is 0.824. The smallest absolute Gasteiger partial charge is 0.293 e. The lowest BCUT2D eigenvalue weighted by atomic mass is 9.68. The highest BCUT2D eigenvalue weighted by Crippen LogP contribution is 2.59. The molecule has 2 heterocycles. The van der Waals surface area contributed by atoms with E-state index < -0.39 is 0 Å².